The Labute approximate surface area is 92.5 Å². The van der Waals surface area contributed by atoms with E-state index in [9.17, 15) is 4.79 Å². The standard InChI is InChI=1S/C12H10N2O2/c13-6-3-7-14-12(15)11-8-9-4-1-2-5-10(9)16-11/h1-2,4-5,8H,3,7H2,(H,14,15). The van der Waals surface area contributed by atoms with Crippen molar-refractivity contribution in [3.8, 4) is 6.07 Å². The number of para-hydroxylation sites is 1. The van der Waals surface area contributed by atoms with E-state index in [4.69, 9.17) is 9.68 Å². The lowest BCUT2D eigenvalue weighted by atomic mass is 10.2. The second kappa shape index (κ2) is 4.49. The lowest BCUT2D eigenvalue weighted by molar-refractivity contribution is 0.0929. The number of nitrogens with one attached hydrogen (secondary N) is 1. The van der Waals surface area contributed by atoms with E-state index >= 15 is 0 Å². The summed E-state index contributed by atoms with van der Waals surface area (Å²) in [5.41, 5.74) is 0.688. The third-order valence-corrected chi connectivity index (χ3v) is 2.17. The molecule has 0 spiro atoms. The number of nitrogens with zero attached hydrogens (tertiary/aromatic N) is 1. The summed E-state index contributed by atoms with van der Waals surface area (Å²) in [4.78, 5) is 11.6. The summed E-state index contributed by atoms with van der Waals surface area (Å²) in [7, 11) is 0. The van der Waals surface area contributed by atoms with E-state index in [0.717, 1.165) is 5.39 Å². The maximum absolute atomic E-state index is 11.6. The number of nitriles is 1. The maximum Gasteiger partial charge on any atom is 0.287 e. The molecule has 0 atom stereocenters. The fraction of sp³-hybridized carbons (Fsp3) is 0.167. The molecule has 16 heavy (non-hydrogen) atoms. The van der Waals surface area contributed by atoms with Crippen LogP contribution in [0.5, 0.6) is 0 Å². The predicted molar refractivity (Wildman–Crippen MR) is 58.8 cm³/mol. The van der Waals surface area contributed by atoms with Crippen molar-refractivity contribution in [2.75, 3.05) is 6.54 Å². The zero-order chi connectivity index (χ0) is 11.4. The number of amides is 1. The van der Waals surface area contributed by atoms with Crippen LogP contribution in [0.4, 0.5) is 0 Å². The SMILES string of the molecule is N#CCCNC(=O)c1cc2ccccc2o1. The summed E-state index contributed by atoms with van der Waals surface area (Å²) < 4.78 is 5.37. The third kappa shape index (κ3) is 2.04. The van der Waals surface area contributed by atoms with Crippen molar-refractivity contribution in [3.05, 3.63) is 36.1 Å². The minimum Gasteiger partial charge on any atom is -0.451 e. The van der Waals surface area contributed by atoms with E-state index in [2.05, 4.69) is 5.32 Å². The smallest absolute Gasteiger partial charge is 0.287 e. The first-order valence-electron chi connectivity index (χ1n) is 4.95. The first-order chi connectivity index (χ1) is 7.81. The van der Waals surface area contributed by atoms with Crippen LogP contribution in [0.2, 0.25) is 0 Å². The van der Waals surface area contributed by atoms with E-state index in [1.807, 2.05) is 24.3 Å². The Kier molecular flexibility index (Phi) is 2.88. The molecule has 0 fully saturated rings. The minimum atomic E-state index is -0.286. The van der Waals surface area contributed by atoms with Gasteiger partial charge in [-0.2, -0.15) is 5.26 Å². The van der Waals surface area contributed by atoms with Crippen molar-refractivity contribution in [2.45, 2.75) is 6.42 Å². The molecule has 1 aromatic carbocycles. The maximum atomic E-state index is 11.6. The summed E-state index contributed by atoms with van der Waals surface area (Å²) >= 11 is 0. The van der Waals surface area contributed by atoms with Crippen LogP contribution in [-0.2, 0) is 0 Å². The number of hydrogen-bond acceptors (Lipinski definition) is 3. The fourth-order valence-corrected chi connectivity index (χ4v) is 1.41. The highest BCUT2D eigenvalue weighted by atomic mass is 16.3. The van der Waals surface area contributed by atoms with Gasteiger partial charge in [0.15, 0.2) is 5.76 Å². The molecule has 0 aliphatic rings. The Balaban J connectivity index is 2.14. The number of hydrogen-bond donors (Lipinski definition) is 1. The summed E-state index contributed by atoms with van der Waals surface area (Å²) in [6.45, 7) is 0.340. The molecule has 1 N–H and O–H groups in total. The van der Waals surface area contributed by atoms with Gasteiger partial charge in [-0.1, -0.05) is 18.2 Å². The summed E-state index contributed by atoms with van der Waals surface area (Å²) in [6.07, 6.45) is 0.298. The van der Waals surface area contributed by atoms with Gasteiger partial charge in [0, 0.05) is 11.9 Å². The molecule has 0 bridgehead atoms. The predicted octanol–water partition coefficient (Wildman–Crippen LogP) is 2.08. The van der Waals surface area contributed by atoms with E-state index in [1.165, 1.54) is 0 Å². The highest BCUT2D eigenvalue weighted by molar-refractivity contribution is 5.96. The van der Waals surface area contributed by atoms with Crippen molar-refractivity contribution in [1.29, 1.82) is 5.26 Å². The van der Waals surface area contributed by atoms with Crippen molar-refractivity contribution >= 4 is 16.9 Å². The lowest BCUT2D eigenvalue weighted by Crippen LogP contribution is -2.23. The fourth-order valence-electron chi connectivity index (χ4n) is 1.41. The molecule has 0 radical (unpaired) electrons. The van der Waals surface area contributed by atoms with Crippen LogP contribution < -0.4 is 5.32 Å². The largest absolute Gasteiger partial charge is 0.451 e. The van der Waals surface area contributed by atoms with Crippen LogP contribution in [0.25, 0.3) is 11.0 Å². The summed E-state index contributed by atoms with van der Waals surface area (Å²) in [6, 6.07) is 11.1. The van der Waals surface area contributed by atoms with Crippen LogP contribution >= 0.6 is 0 Å². The first-order valence-corrected chi connectivity index (χ1v) is 4.95. The monoisotopic (exact) mass is 214 g/mol. The van der Waals surface area contributed by atoms with Gasteiger partial charge in [0.1, 0.15) is 5.58 Å². The van der Waals surface area contributed by atoms with Crippen molar-refractivity contribution < 1.29 is 9.21 Å². The van der Waals surface area contributed by atoms with Gasteiger partial charge in [0.25, 0.3) is 5.91 Å². The van der Waals surface area contributed by atoms with Gasteiger partial charge in [-0.05, 0) is 12.1 Å². The lowest BCUT2D eigenvalue weighted by Gasteiger charge is -1.97. The van der Waals surface area contributed by atoms with Crippen LogP contribution in [0.1, 0.15) is 17.0 Å². The molecule has 0 saturated heterocycles. The van der Waals surface area contributed by atoms with Crippen LogP contribution in [0, 0.1) is 11.3 Å². The summed E-state index contributed by atoms with van der Waals surface area (Å²) in [5.74, 6) is -0.00871. The zero-order valence-electron chi connectivity index (χ0n) is 8.56. The number of fused-ring (bicyclic) bond motifs is 1. The average molecular weight is 214 g/mol. The van der Waals surface area contributed by atoms with Crippen molar-refractivity contribution in [1.82, 2.24) is 5.32 Å². The third-order valence-electron chi connectivity index (χ3n) is 2.17. The van der Waals surface area contributed by atoms with Crippen molar-refractivity contribution in [3.63, 3.8) is 0 Å². The highest BCUT2D eigenvalue weighted by Crippen LogP contribution is 2.18. The molecule has 2 aromatic rings. The highest BCUT2D eigenvalue weighted by Gasteiger charge is 2.10. The number of carbonyl (C=O) groups is 1. The van der Waals surface area contributed by atoms with Gasteiger partial charge >= 0.3 is 0 Å². The van der Waals surface area contributed by atoms with Crippen molar-refractivity contribution in [2.24, 2.45) is 0 Å². The van der Waals surface area contributed by atoms with Crippen LogP contribution in [0.3, 0.4) is 0 Å². The molecule has 0 aliphatic carbocycles. The normalized spacial score (nSPS) is 9.94. The number of furan rings is 1. The second-order valence-electron chi connectivity index (χ2n) is 3.31. The average Bonchev–Trinajstić information content (AvgIpc) is 2.73. The Hall–Kier alpha value is -2.28. The molecule has 0 saturated carbocycles. The van der Waals surface area contributed by atoms with Gasteiger partial charge in [-0.15, -0.1) is 0 Å². The Morgan fingerprint density at radius 2 is 2.25 bits per heavy atom. The molecule has 0 aliphatic heterocycles. The second-order valence-corrected chi connectivity index (χ2v) is 3.31. The van der Waals surface area contributed by atoms with E-state index in [0.29, 0.717) is 18.5 Å². The zero-order valence-corrected chi connectivity index (χ0v) is 8.56. The molecule has 0 unspecified atom stereocenters. The molecule has 1 amide bonds. The van der Waals surface area contributed by atoms with E-state index < -0.39 is 0 Å². The van der Waals surface area contributed by atoms with Crippen LogP contribution in [0.15, 0.2) is 34.7 Å². The number of benzene rings is 1. The molecule has 2 rings (SSSR count). The van der Waals surface area contributed by atoms with Gasteiger partial charge in [-0.3, -0.25) is 4.79 Å². The van der Waals surface area contributed by atoms with E-state index in [-0.39, 0.29) is 11.7 Å². The molecular formula is C12H10N2O2. The molecule has 1 heterocycles. The molecule has 4 heteroatoms. The van der Waals surface area contributed by atoms with Gasteiger partial charge in [-0.25, -0.2) is 0 Å². The molecular weight excluding hydrogens is 204 g/mol. The summed E-state index contributed by atoms with van der Waals surface area (Å²) in [5, 5.41) is 11.8. The van der Waals surface area contributed by atoms with Gasteiger partial charge in [0.05, 0.1) is 12.5 Å². The Morgan fingerprint density at radius 1 is 1.44 bits per heavy atom. The molecule has 1 aromatic heterocycles. The Bertz CT molecular complexity index is 518. The van der Waals surface area contributed by atoms with Gasteiger partial charge < -0.3 is 9.73 Å². The quantitative estimate of drug-likeness (QED) is 0.795. The molecule has 80 valence electrons. The number of rotatable bonds is 3. The van der Waals surface area contributed by atoms with Crippen LogP contribution in [-0.4, -0.2) is 12.5 Å². The number of carbonyl (C=O) groups excluding carboxylic acids is 1. The Morgan fingerprint density at radius 3 is 3.00 bits per heavy atom. The van der Waals surface area contributed by atoms with E-state index in [1.54, 1.807) is 12.1 Å². The minimum absolute atomic E-state index is 0.277. The molecule has 4 nitrogen and oxygen atoms in total. The first kappa shape index (κ1) is 10.2. The topological polar surface area (TPSA) is 66.0 Å². The van der Waals surface area contributed by atoms with Gasteiger partial charge in [0.2, 0.25) is 0 Å².